The fourth-order valence-corrected chi connectivity index (χ4v) is 2.63. The van der Waals surface area contributed by atoms with E-state index < -0.39 is 0 Å². The molecule has 0 aromatic carbocycles. The fourth-order valence-electron chi connectivity index (χ4n) is 2.63. The average molecular weight is 265 g/mol. The topological polar surface area (TPSA) is 50.3 Å². The first kappa shape index (κ1) is 14.5. The SMILES string of the molecule is CC(C)CN1CCN(Cc2cn(CCN)cn2)CC1. The first-order valence-electron chi connectivity index (χ1n) is 7.33. The molecule has 19 heavy (non-hydrogen) atoms. The summed E-state index contributed by atoms with van der Waals surface area (Å²) in [6.07, 6.45) is 4.00. The van der Waals surface area contributed by atoms with Crippen LogP contribution in [-0.2, 0) is 13.1 Å². The predicted molar refractivity (Wildman–Crippen MR) is 77.8 cm³/mol. The highest BCUT2D eigenvalue weighted by Gasteiger charge is 2.18. The second-order valence-electron chi connectivity index (χ2n) is 5.86. The predicted octanol–water partition coefficient (Wildman–Crippen LogP) is 0.615. The van der Waals surface area contributed by atoms with Crippen LogP contribution >= 0.6 is 0 Å². The molecule has 5 nitrogen and oxygen atoms in total. The number of piperazine rings is 1. The Hall–Kier alpha value is -0.910. The minimum atomic E-state index is 0.670. The van der Waals surface area contributed by atoms with E-state index in [9.17, 15) is 0 Å². The number of nitrogens with zero attached hydrogens (tertiary/aromatic N) is 4. The lowest BCUT2D eigenvalue weighted by molar-refractivity contribution is 0.116. The first-order chi connectivity index (χ1) is 9.17. The van der Waals surface area contributed by atoms with Gasteiger partial charge in [0.1, 0.15) is 0 Å². The van der Waals surface area contributed by atoms with Crippen molar-refractivity contribution in [3.05, 3.63) is 18.2 Å². The Bertz CT molecular complexity index is 366. The monoisotopic (exact) mass is 265 g/mol. The Morgan fingerprint density at radius 2 is 1.89 bits per heavy atom. The van der Waals surface area contributed by atoms with Gasteiger partial charge in [-0.1, -0.05) is 13.8 Å². The number of hydrogen-bond donors (Lipinski definition) is 1. The van der Waals surface area contributed by atoms with Gasteiger partial charge >= 0.3 is 0 Å². The van der Waals surface area contributed by atoms with E-state index in [2.05, 4.69) is 39.4 Å². The van der Waals surface area contributed by atoms with Crippen LogP contribution in [0.1, 0.15) is 19.5 Å². The van der Waals surface area contributed by atoms with Crippen molar-refractivity contribution in [3.8, 4) is 0 Å². The van der Waals surface area contributed by atoms with Gasteiger partial charge in [0.15, 0.2) is 0 Å². The van der Waals surface area contributed by atoms with Gasteiger partial charge in [0.2, 0.25) is 0 Å². The maximum Gasteiger partial charge on any atom is 0.0950 e. The summed E-state index contributed by atoms with van der Waals surface area (Å²) < 4.78 is 2.07. The van der Waals surface area contributed by atoms with Crippen molar-refractivity contribution in [2.75, 3.05) is 39.3 Å². The Labute approximate surface area is 116 Å². The number of imidazole rings is 1. The zero-order chi connectivity index (χ0) is 13.7. The molecule has 0 atom stereocenters. The number of aromatic nitrogens is 2. The molecule has 5 heteroatoms. The second-order valence-corrected chi connectivity index (χ2v) is 5.86. The van der Waals surface area contributed by atoms with Gasteiger partial charge < -0.3 is 15.2 Å². The van der Waals surface area contributed by atoms with Crippen molar-refractivity contribution in [3.63, 3.8) is 0 Å². The molecule has 0 unspecified atom stereocenters. The average Bonchev–Trinajstić information content (AvgIpc) is 2.79. The molecule has 1 aromatic rings. The van der Waals surface area contributed by atoms with E-state index in [1.165, 1.54) is 19.6 Å². The molecule has 0 amide bonds. The van der Waals surface area contributed by atoms with E-state index in [1.807, 2.05) is 6.33 Å². The van der Waals surface area contributed by atoms with Crippen molar-refractivity contribution in [1.82, 2.24) is 19.4 Å². The van der Waals surface area contributed by atoms with E-state index >= 15 is 0 Å². The highest BCUT2D eigenvalue weighted by molar-refractivity contribution is 4.97. The van der Waals surface area contributed by atoms with Gasteiger partial charge in [0.25, 0.3) is 0 Å². The molecule has 0 radical (unpaired) electrons. The summed E-state index contributed by atoms with van der Waals surface area (Å²) in [6, 6.07) is 0. The van der Waals surface area contributed by atoms with Gasteiger partial charge in [-0.25, -0.2) is 4.98 Å². The summed E-state index contributed by atoms with van der Waals surface area (Å²) in [5.41, 5.74) is 6.70. The lowest BCUT2D eigenvalue weighted by Crippen LogP contribution is -2.46. The van der Waals surface area contributed by atoms with Crippen molar-refractivity contribution < 1.29 is 0 Å². The normalized spacial score (nSPS) is 18.3. The van der Waals surface area contributed by atoms with Crippen LogP contribution in [0.4, 0.5) is 0 Å². The molecule has 1 saturated heterocycles. The molecule has 1 aromatic heterocycles. The zero-order valence-electron chi connectivity index (χ0n) is 12.3. The Kier molecular flexibility index (Phi) is 5.36. The summed E-state index contributed by atoms with van der Waals surface area (Å²) in [4.78, 5) is 9.50. The maximum absolute atomic E-state index is 5.54. The maximum atomic E-state index is 5.54. The van der Waals surface area contributed by atoms with E-state index in [4.69, 9.17) is 5.73 Å². The summed E-state index contributed by atoms with van der Waals surface area (Å²) in [6.45, 7) is 13.0. The Morgan fingerprint density at radius 1 is 1.21 bits per heavy atom. The van der Waals surface area contributed by atoms with Gasteiger partial charge in [0, 0.05) is 58.6 Å². The van der Waals surface area contributed by atoms with E-state index in [0.717, 1.165) is 37.8 Å². The standard InChI is InChI=1S/C14H27N5/c1-13(2)9-17-5-7-18(8-6-17)10-14-11-19(4-3-15)12-16-14/h11-13H,3-10,15H2,1-2H3. The molecule has 0 bridgehead atoms. The van der Waals surface area contributed by atoms with Gasteiger partial charge in [-0.2, -0.15) is 0 Å². The minimum Gasteiger partial charge on any atom is -0.336 e. The van der Waals surface area contributed by atoms with Crippen LogP contribution in [0.15, 0.2) is 12.5 Å². The second kappa shape index (κ2) is 7.03. The smallest absolute Gasteiger partial charge is 0.0950 e. The Balaban J connectivity index is 1.75. The van der Waals surface area contributed by atoms with Gasteiger partial charge in [0.05, 0.1) is 12.0 Å². The number of hydrogen-bond acceptors (Lipinski definition) is 4. The third-order valence-corrected chi connectivity index (χ3v) is 3.55. The molecule has 0 aliphatic carbocycles. The lowest BCUT2D eigenvalue weighted by Gasteiger charge is -2.35. The lowest BCUT2D eigenvalue weighted by atomic mass is 10.2. The van der Waals surface area contributed by atoms with Crippen LogP contribution in [0.5, 0.6) is 0 Å². The summed E-state index contributed by atoms with van der Waals surface area (Å²) in [5.74, 6) is 0.763. The van der Waals surface area contributed by atoms with Gasteiger partial charge in [-0.15, -0.1) is 0 Å². The third kappa shape index (κ3) is 4.60. The molecule has 1 fully saturated rings. The molecule has 1 aliphatic heterocycles. The van der Waals surface area contributed by atoms with E-state index in [0.29, 0.717) is 6.54 Å². The molecule has 0 saturated carbocycles. The highest BCUT2D eigenvalue weighted by Crippen LogP contribution is 2.08. The molecule has 2 heterocycles. The van der Waals surface area contributed by atoms with Crippen molar-refractivity contribution in [2.45, 2.75) is 26.9 Å². The molecular weight excluding hydrogens is 238 g/mol. The summed E-state index contributed by atoms with van der Waals surface area (Å²) >= 11 is 0. The van der Waals surface area contributed by atoms with E-state index in [1.54, 1.807) is 0 Å². The highest BCUT2D eigenvalue weighted by atomic mass is 15.3. The molecule has 1 aliphatic rings. The fraction of sp³-hybridized carbons (Fsp3) is 0.786. The van der Waals surface area contributed by atoms with Crippen LogP contribution in [0, 0.1) is 5.92 Å². The first-order valence-corrected chi connectivity index (χ1v) is 7.33. The molecule has 108 valence electrons. The van der Waals surface area contributed by atoms with Crippen LogP contribution in [0.25, 0.3) is 0 Å². The van der Waals surface area contributed by atoms with Crippen molar-refractivity contribution in [1.29, 1.82) is 0 Å². The number of rotatable bonds is 6. The molecular formula is C14H27N5. The molecule has 2 rings (SSSR count). The van der Waals surface area contributed by atoms with Gasteiger partial charge in [-0.3, -0.25) is 4.90 Å². The van der Waals surface area contributed by atoms with Crippen molar-refractivity contribution >= 4 is 0 Å². The summed E-state index contributed by atoms with van der Waals surface area (Å²) in [7, 11) is 0. The van der Waals surface area contributed by atoms with Crippen LogP contribution in [0.2, 0.25) is 0 Å². The largest absolute Gasteiger partial charge is 0.336 e. The Morgan fingerprint density at radius 3 is 2.53 bits per heavy atom. The van der Waals surface area contributed by atoms with Crippen LogP contribution < -0.4 is 5.73 Å². The van der Waals surface area contributed by atoms with Crippen LogP contribution in [0.3, 0.4) is 0 Å². The minimum absolute atomic E-state index is 0.670. The van der Waals surface area contributed by atoms with Gasteiger partial charge in [-0.05, 0) is 5.92 Å². The van der Waals surface area contributed by atoms with Crippen molar-refractivity contribution in [2.24, 2.45) is 11.7 Å². The van der Waals surface area contributed by atoms with E-state index in [-0.39, 0.29) is 0 Å². The third-order valence-electron chi connectivity index (χ3n) is 3.55. The summed E-state index contributed by atoms with van der Waals surface area (Å²) in [5, 5.41) is 0. The molecule has 0 spiro atoms. The quantitative estimate of drug-likeness (QED) is 0.819. The number of nitrogens with two attached hydrogens (primary N) is 1. The van der Waals surface area contributed by atoms with Crippen LogP contribution in [-0.4, -0.2) is 58.6 Å². The molecule has 2 N–H and O–H groups in total. The zero-order valence-corrected chi connectivity index (χ0v) is 12.3.